The van der Waals surface area contributed by atoms with Crippen molar-refractivity contribution < 1.29 is 14.3 Å². The highest BCUT2D eigenvalue weighted by atomic mass is 32.2. The Morgan fingerprint density at radius 2 is 2.07 bits per heavy atom. The second-order valence-corrected chi connectivity index (χ2v) is 4.42. The van der Waals surface area contributed by atoms with Gasteiger partial charge in [-0.25, -0.2) is 0 Å². The van der Waals surface area contributed by atoms with E-state index in [-0.39, 0.29) is 5.97 Å². The molecular formula is C10H20O3S. The van der Waals surface area contributed by atoms with Crippen molar-refractivity contribution in [1.82, 2.24) is 0 Å². The van der Waals surface area contributed by atoms with Crippen LogP contribution in [0, 0.1) is 5.92 Å². The van der Waals surface area contributed by atoms with Crippen molar-refractivity contribution in [1.29, 1.82) is 0 Å². The number of hydrogen-bond donors (Lipinski definition) is 0. The SMILES string of the molecule is CSCCOC(=O)CCOCC(C)C. The maximum atomic E-state index is 11.1. The van der Waals surface area contributed by atoms with Crippen molar-refractivity contribution in [2.24, 2.45) is 5.92 Å². The number of ether oxygens (including phenoxy) is 2. The highest BCUT2D eigenvalue weighted by Gasteiger charge is 2.02. The van der Waals surface area contributed by atoms with Gasteiger partial charge in [0.15, 0.2) is 0 Å². The van der Waals surface area contributed by atoms with Crippen molar-refractivity contribution in [3.8, 4) is 0 Å². The van der Waals surface area contributed by atoms with Crippen LogP contribution in [0.3, 0.4) is 0 Å². The third kappa shape index (κ3) is 9.86. The fraction of sp³-hybridized carbons (Fsp3) is 0.900. The molecular weight excluding hydrogens is 200 g/mol. The Kier molecular flexibility index (Phi) is 9.19. The van der Waals surface area contributed by atoms with Crippen molar-refractivity contribution in [3.63, 3.8) is 0 Å². The standard InChI is InChI=1S/C10H20O3S/c1-9(2)8-12-5-4-10(11)13-6-7-14-3/h9H,4-8H2,1-3H3. The van der Waals surface area contributed by atoms with Crippen LogP contribution in [0.15, 0.2) is 0 Å². The first kappa shape index (κ1) is 13.8. The molecule has 0 radical (unpaired) electrons. The molecule has 0 aromatic heterocycles. The smallest absolute Gasteiger partial charge is 0.308 e. The molecule has 0 N–H and O–H groups in total. The normalized spacial score (nSPS) is 10.6. The minimum absolute atomic E-state index is 0.164. The van der Waals surface area contributed by atoms with Gasteiger partial charge in [0, 0.05) is 12.4 Å². The molecule has 0 saturated carbocycles. The molecule has 0 saturated heterocycles. The zero-order valence-corrected chi connectivity index (χ0v) is 10.1. The molecule has 3 nitrogen and oxygen atoms in total. The Hall–Kier alpha value is -0.220. The lowest BCUT2D eigenvalue weighted by Gasteiger charge is -2.06. The number of rotatable bonds is 8. The van der Waals surface area contributed by atoms with Crippen LogP contribution in [0.5, 0.6) is 0 Å². The molecule has 0 heterocycles. The molecule has 14 heavy (non-hydrogen) atoms. The van der Waals surface area contributed by atoms with Crippen LogP contribution < -0.4 is 0 Å². The van der Waals surface area contributed by atoms with E-state index in [0.29, 0.717) is 32.2 Å². The van der Waals surface area contributed by atoms with Crippen molar-refractivity contribution in [2.75, 3.05) is 31.8 Å². The topological polar surface area (TPSA) is 35.5 Å². The van der Waals surface area contributed by atoms with E-state index in [1.807, 2.05) is 6.26 Å². The summed E-state index contributed by atoms with van der Waals surface area (Å²) < 4.78 is 10.2. The van der Waals surface area contributed by atoms with Crippen LogP contribution >= 0.6 is 11.8 Å². The van der Waals surface area contributed by atoms with Gasteiger partial charge in [0.1, 0.15) is 6.61 Å². The second kappa shape index (κ2) is 9.34. The summed E-state index contributed by atoms with van der Waals surface area (Å²) in [6, 6.07) is 0. The van der Waals surface area contributed by atoms with Gasteiger partial charge in [-0.1, -0.05) is 13.8 Å². The van der Waals surface area contributed by atoms with Gasteiger partial charge in [-0.3, -0.25) is 4.79 Å². The summed E-state index contributed by atoms with van der Waals surface area (Å²) in [5.41, 5.74) is 0. The Morgan fingerprint density at radius 1 is 1.36 bits per heavy atom. The molecule has 0 aliphatic rings. The van der Waals surface area contributed by atoms with Crippen molar-refractivity contribution in [2.45, 2.75) is 20.3 Å². The largest absolute Gasteiger partial charge is 0.465 e. The Labute approximate surface area is 90.5 Å². The van der Waals surface area contributed by atoms with Gasteiger partial charge in [-0.15, -0.1) is 0 Å². The molecule has 0 unspecified atom stereocenters. The van der Waals surface area contributed by atoms with Gasteiger partial charge in [0.2, 0.25) is 0 Å². The van der Waals surface area contributed by atoms with Crippen LogP contribution in [0.1, 0.15) is 20.3 Å². The van der Waals surface area contributed by atoms with E-state index in [9.17, 15) is 4.79 Å². The lowest BCUT2D eigenvalue weighted by Crippen LogP contribution is -2.11. The van der Waals surface area contributed by atoms with Crippen molar-refractivity contribution in [3.05, 3.63) is 0 Å². The van der Waals surface area contributed by atoms with Crippen LogP contribution in [0.25, 0.3) is 0 Å². The fourth-order valence-corrected chi connectivity index (χ4v) is 1.04. The van der Waals surface area contributed by atoms with Crippen LogP contribution in [-0.2, 0) is 14.3 Å². The zero-order valence-electron chi connectivity index (χ0n) is 9.25. The lowest BCUT2D eigenvalue weighted by molar-refractivity contribution is -0.144. The average Bonchev–Trinajstić information content (AvgIpc) is 2.13. The lowest BCUT2D eigenvalue weighted by atomic mass is 10.2. The summed E-state index contributed by atoms with van der Waals surface area (Å²) in [6.07, 6.45) is 2.35. The maximum Gasteiger partial charge on any atom is 0.308 e. The first-order chi connectivity index (χ1) is 6.66. The third-order valence-corrected chi connectivity index (χ3v) is 2.03. The summed E-state index contributed by atoms with van der Waals surface area (Å²) >= 11 is 1.67. The average molecular weight is 220 g/mol. The molecule has 0 atom stereocenters. The number of carbonyl (C=O) groups is 1. The van der Waals surface area contributed by atoms with Gasteiger partial charge in [-0.2, -0.15) is 11.8 Å². The van der Waals surface area contributed by atoms with E-state index in [0.717, 1.165) is 5.75 Å². The van der Waals surface area contributed by atoms with Crippen LogP contribution in [0.4, 0.5) is 0 Å². The van der Waals surface area contributed by atoms with Gasteiger partial charge in [0.25, 0.3) is 0 Å². The molecule has 0 aliphatic carbocycles. The number of thioether (sulfide) groups is 1. The Bertz CT molecular complexity index is 148. The summed E-state index contributed by atoms with van der Waals surface area (Å²) in [5, 5.41) is 0. The molecule has 84 valence electrons. The monoisotopic (exact) mass is 220 g/mol. The minimum Gasteiger partial charge on any atom is -0.465 e. The Balaban J connectivity index is 3.18. The highest BCUT2D eigenvalue weighted by Crippen LogP contribution is 1.96. The quantitative estimate of drug-likeness (QED) is 0.463. The van der Waals surface area contributed by atoms with E-state index in [1.165, 1.54) is 0 Å². The summed E-state index contributed by atoms with van der Waals surface area (Å²) in [5.74, 6) is 1.21. The predicted octanol–water partition coefficient (Wildman–Crippen LogP) is 1.96. The molecule has 0 aromatic carbocycles. The highest BCUT2D eigenvalue weighted by molar-refractivity contribution is 7.98. The van der Waals surface area contributed by atoms with E-state index in [2.05, 4.69) is 13.8 Å². The number of carbonyl (C=O) groups excluding carboxylic acids is 1. The molecule has 0 bridgehead atoms. The summed E-state index contributed by atoms with van der Waals surface area (Å²) in [4.78, 5) is 11.1. The second-order valence-electron chi connectivity index (χ2n) is 3.43. The van der Waals surface area contributed by atoms with Crippen molar-refractivity contribution >= 4 is 17.7 Å². The van der Waals surface area contributed by atoms with Gasteiger partial charge >= 0.3 is 5.97 Å². The minimum atomic E-state index is -0.164. The van der Waals surface area contributed by atoms with Crippen LogP contribution in [0.2, 0.25) is 0 Å². The van der Waals surface area contributed by atoms with E-state index in [4.69, 9.17) is 9.47 Å². The van der Waals surface area contributed by atoms with Crippen LogP contribution in [-0.4, -0.2) is 37.8 Å². The van der Waals surface area contributed by atoms with E-state index < -0.39 is 0 Å². The number of esters is 1. The molecule has 4 heteroatoms. The summed E-state index contributed by atoms with van der Waals surface area (Å²) in [7, 11) is 0. The Morgan fingerprint density at radius 3 is 2.64 bits per heavy atom. The van der Waals surface area contributed by atoms with E-state index >= 15 is 0 Å². The predicted molar refractivity (Wildman–Crippen MR) is 59.6 cm³/mol. The van der Waals surface area contributed by atoms with E-state index in [1.54, 1.807) is 11.8 Å². The van der Waals surface area contributed by atoms with Gasteiger partial charge < -0.3 is 9.47 Å². The van der Waals surface area contributed by atoms with Gasteiger partial charge in [0.05, 0.1) is 13.0 Å². The molecule has 0 fully saturated rings. The molecule has 0 aliphatic heterocycles. The zero-order chi connectivity index (χ0) is 10.8. The molecule has 0 amide bonds. The fourth-order valence-electron chi connectivity index (χ4n) is 0.786. The molecule has 0 spiro atoms. The first-order valence-electron chi connectivity index (χ1n) is 4.89. The van der Waals surface area contributed by atoms with Gasteiger partial charge in [-0.05, 0) is 12.2 Å². The third-order valence-electron chi connectivity index (χ3n) is 1.45. The number of hydrogen-bond acceptors (Lipinski definition) is 4. The molecule has 0 aromatic rings. The summed E-state index contributed by atoms with van der Waals surface area (Å²) in [6.45, 7) is 5.84. The maximum absolute atomic E-state index is 11.1. The molecule has 0 rings (SSSR count). The first-order valence-corrected chi connectivity index (χ1v) is 6.28.